The molecule has 0 radical (unpaired) electrons. The Kier molecular flexibility index (Phi) is 5.73. The molecular weight excluding hydrogens is 374 g/mol. The number of nitrogen functional groups attached to an aromatic ring is 1. The molecule has 0 amide bonds. The van der Waals surface area contributed by atoms with E-state index in [2.05, 4.69) is 39.2 Å². The lowest BCUT2D eigenvalue weighted by Crippen LogP contribution is -2.46. The van der Waals surface area contributed by atoms with Gasteiger partial charge in [0.15, 0.2) is 0 Å². The van der Waals surface area contributed by atoms with Gasteiger partial charge in [0.2, 0.25) is 5.78 Å². The van der Waals surface area contributed by atoms with Gasteiger partial charge in [-0.2, -0.15) is 0 Å². The summed E-state index contributed by atoms with van der Waals surface area (Å²) in [6.07, 6.45) is 1.56. The van der Waals surface area contributed by atoms with Gasteiger partial charge in [-0.15, -0.1) is 5.92 Å². The highest BCUT2D eigenvalue weighted by Crippen LogP contribution is 2.24. The lowest BCUT2D eigenvalue weighted by Gasteiger charge is -2.35. The van der Waals surface area contributed by atoms with E-state index in [4.69, 9.17) is 10.7 Å². The molecule has 0 saturated carbocycles. The first-order chi connectivity index (χ1) is 14.7. The molecule has 0 aliphatic carbocycles. The van der Waals surface area contributed by atoms with Crippen molar-refractivity contribution in [3.05, 3.63) is 83.2 Å². The zero-order valence-corrected chi connectivity index (χ0v) is 16.8. The van der Waals surface area contributed by atoms with E-state index in [1.54, 1.807) is 25.3 Å². The van der Waals surface area contributed by atoms with E-state index in [1.807, 2.05) is 30.3 Å². The smallest absolute Gasteiger partial charge is 0.216 e. The summed E-state index contributed by atoms with van der Waals surface area (Å²) in [7, 11) is 0. The second kappa shape index (κ2) is 8.76. The van der Waals surface area contributed by atoms with E-state index in [0.29, 0.717) is 16.8 Å². The van der Waals surface area contributed by atoms with Crippen LogP contribution in [0.25, 0.3) is 0 Å². The maximum absolute atomic E-state index is 13.2. The van der Waals surface area contributed by atoms with Crippen LogP contribution in [0.1, 0.15) is 44.4 Å². The van der Waals surface area contributed by atoms with E-state index in [0.717, 1.165) is 25.5 Å². The van der Waals surface area contributed by atoms with Crippen LogP contribution in [-0.4, -0.2) is 35.4 Å². The van der Waals surface area contributed by atoms with Crippen LogP contribution < -0.4 is 16.0 Å². The van der Waals surface area contributed by atoms with Gasteiger partial charge in [-0.25, -0.2) is 9.97 Å². The Hall–Kier alpha value is -3.69. The van der Waals surface area contributed by atoms with Crippen molar-refractivity contribution in [3.63, 3.8) is 0 Å². The van der Waals surface area contributed by atoms with Crippen molar-refractivity contribution in [2.24, 2.45) is 0 Å². The number of benzene rings is 1. The monoisotopic (exact) mass is 403 g/mol. The molecule has 4 rings (SSSR count). The van der Waals surface area contributed by atoms with Crippen molar-refractivity contribution in [2.75, 3.05) is 30.3 Å². The average molecular weight is 404 g/mol. The molecule has 2 aromatic heterocycles. The van der Waals surface area contributed by atoms with Crippen molar-refractivity contribution in [1.29, 1.82) is 0 Å². The average Bonchev–Trinajstić information content (AvgIpc) is 2.80. The second-order valence-electron chi connectivity index (χ2n) is 7.07. The van der Waals surface area contributed by atoms with Crippen molar-refractivity contribution in [3.8, 4) is 11.8 Å². The largest absolute Gasteiger partial charge is 0.383 e. The number of aromatic nitrogens is 2. The Morgan fingerprint density at radius 3 is 2.80 bits per heavy atom. The van der Waals surface area contributed by atoms with Gasteiger partial charge >= 0.3 is 0 Å². The number of nitrogens with zero attached hydrogens (tertiary/aromatic N) is 3. The fourth-order valence-electron chi connectivity index (χ4n) is 3.64. The Bertz CT molecular complexity index is 1130. The maximum Gasteiger partial charge on any atom is 0.216 e. The Morgan fingerprint density at radius 2 is 2.03 bits per heavy atom. The minimum Gasteiger partial charge on any atom is -0.383 e. The number of rotatable bonds is 4. The van der Waals surface area contributed by atoms with Crippen LogP contribution in [0.4, 0.5) is 11.6 Å². The van der Waals surface area contributed by atoms with Gasteiger partial charge < -0.3 is 16.0 Å². The van der Waals surface area contributed by atoms with E-state index in [1.165, 1.54) is 5.56 Å². The van der Waals surface area contributed by atoms with Gasteiger partial charge in [-0.1, -0.05) is 36.3 Å². The molecular formula is C24H29N5O. The number of carbonyl (C=O) groups excluding carboxylic acids is 1. The molecule has 1 saturated heterocycles. The SMILES string of the molecule is CC#Cc1ccc(N2CCNC(c3ccccc3)C2)nc1C(=O)c1cccnc1N.[HH].[HH].[HH]. The van der Waals surface area contributed by atoms with Gasteiger partial charge in [0, 0.05) is 36.2 Å². The molecule has 30 heavy (non-hydrogen) atoms. The normalized spacial score (nSPS) is 15.9. The predicted octanol–water partition coefficient (Wildman–Crippen LogP) is 3.55. The van der Waals surface area contributed by atoms with Crippen LogP contribution in [0.2, 0.25) is 0 Å². The molecule has 1 aliphatic rings. The number of pyridine rings is 2. The highest BCUT2D eigenvalue weighted by atomic mass is 16.1. The molecule has 6 nitrogen and oxygen atoms in total. The van der Waals surface area contributed by atoms with Crippen molar-refractivity contribution >= 4 is 17.4 Å². The van der Waals surface area contributed by atoms with Crippen molar-refractivity contribution in [2.45, 2.75) is 13.0 Å². The third-order valence-electron chi connectivity index (χ3n) is 5.14. The molecule has 6 heteroatoms. The molecule has 3 N–H and O–H groups in total. The second-order valence-corrected chi connectivity index (χ2v) is 7.07. The summed E-state index contributed by atoms with van der Waals surface area (Å²) in [4.78, 5) is 24.2. The molecule has 1 aromatic carbocycles. The first-order valence-corrected chi connectivity index (χ1v) is 9.89. The van der Waals surface area contributed by atoms with Gasteiger partial charge in [0.05, 0.1) is 11.1 Å². The van der Waals surface area contributed by atoms with Crippen LogP contribution in [0.15, 0.2) is 60.8 Å². The van der Waals surface area contributed by atoms with Gasteiger partial charge in [0.25, 0.3) is 0 Å². The molecule has 1 unspecified atom stereocenters. The molecule has 1 aliphatic heterocycles. The number of hydrogen-bond acceptors (Lipinski definition) is 6. The third kappa shape index (κ3) is 4.02. The molecule has 0 bridgehead atoms. The summed E-state index contributed by atoms with van der Waals surface area (Å²) in [6.45, 7) is 4.13. The first-order valence-electron chi connectivity index (χ1n) is 9.89. The van der Waals surface area contributed by atoms with Crippen LogP contribution in [0.5, 0.6) is 0 Å². The van der Waals surface area contributed by atoms with Crippen LogP contribution in [-0.2, 0) is 0 Å². The molecule has 0 spiro atoms. The third-order valence-corrected chi connectivity index (χ3v) is 5.14. The summed E-state index contributed by atoms with van der Waals surface area (Å²) >= 11 is 0. The molecule has 1 fully saturated rings. The Morgan fingerprint density at radius 1 is 1.20 bits per heavy atom. The molecule has 1 atom stereocenters. The minimum atomic E-state index is -0.269. The zero-order valence-electron chi connectivity index (χ0n) is 16.8. The first kappa shape index (κ1) is 19.6. The molecule has 3 heterocycles. The Balaban J connectivity index is 0.00000181. The quantitative estimate of drug-likeness (QED) is 0.512. The highest BCUT2D eigenvalue weighted by molar-refractivity contribution is 6.11. The number of anilines is 2. The van der Waals surface area contributed by atoms with E-state index < -0.39 is 0 Å². The number of carbonyl (C=O) groups is 1. The lowest BCUT2D eigenvalue weighted by molar-refractivity contribution is 0.103. The van der Waals surface area contributed by atoms with E-state index in [-0.39, 0.29) is 21.9 Å². The van der Waals surface area contributed by atoms with Gasteiger partial charge in [0.1, 0.15) is 17.3 Å². The van der Waals surface area contributed by atoms with Crippen molar-refractivity contribution in [1.82, 2.24) is 15.3 Å². The standard InChI is InChI=1S/C24H23N5O.3H2/c1-2-7-18-11-12-21(28-22(18)23(30)19-10-6-13-27-24(19)25)29-15-14-26-20(16-29)17-8-4-3-5-9-17;;;/h3-6,8-13,20,26H,14-16H2,1H3,(H2,25,27);3*1H. The fraction of sp³-hybridized carbons (Fsp3) is 0.208. The summed E-state index contributed by atoms with van der Waals surface area (Å²) in [5.41, 5.74) is 8.39. The van der Waals surface area contributed by atoms with Crippen molar-refractivity contribution < 1.29 is 9.07 Å². The number of piperazine rings is 1. The maximum atomic E-state index is 13.2. The topological polar surface area (TPSA) is 84.1 Å². The van der Waals surface area contributed by atoms with Crippen LogP contribution in [0, 0.1) is 11.8 Å². The van der Waals surface area contributed by atoms with E-state index in [9.17, 15) is 4.79 Å². The summed E-state index contributed by atoms with van der Waals surface area (Å²) < 4.78 is 0. The summed E-state index contributed by atoms with van der Waals surface area (Å²) in [5, 5.41) is 3.55. The summed E-state index contributed by atoms with van der Waals surface area (Å²) in [5.74, 6) is 6.52. The van der Waals surface area contributed by atoms with E-state index >= 15 is 0 Å². The number of ketones is 1. The fourth-order valence-corrected chi connectivity index (χ4v) is 3.64. The lowest BCUT2D eigenvalue weighted by atomic mass is 10.0. The van der Waals surface area contributed by atoms with Gasteiger partial charge in [-0.05, 0) is 36.8 Å². The predicted molar refractivity (Wildman–Crippen MR) is 125 cm³/mol. The van der Waals surface area contributed by atoms with Crippen LogP contribution in [0.3, 0.4) is 0 Å². The highest BCUT2D eigenvalue weighted by Gasteiger charge is 2.24. The Labute approximate surface area is 180 Å². The zero-order chi connectivity index (χ0) is 20.9. The number of nitrogens with one attached hydrogen (secondary N) is 1. The van der Waals surface area contributed by atoms with Gasteiger partial charge in [-0.3, -0.25) is 4.79 Å². The minimum absolute atomic E-state index is 0. The van der Waals surface area contributed by atoms with Crippen LogP contribution >= 0.6 is 0 Å². The number of hydrogen-bond donors (Lipinski definition) is 2. The summed E-state index contributed by atoms with van der Waals surface area (Å²) in [6, 6.07) is 17.7. The molecule has 156 valence electrons. The molecule has 3 aromatic rings. The number of nitrogens with two attached hydrogens (primary N) is 1.